The summed E-state index contributed by atoms with van der Waals surface area (Å²) in [6.07, 6.45) is 0. The van der Waals surface area contributed by atoms with Crippen molar-refractivity contribution in [1.29, 1.82) is 0 Å². The van der Waals surface area contributed by atoms with Crippen LogP contribution in [0.2, 0.25) is 10.0 Å². The second-order valence-corrected chi connectivity index (χ2v) is 5.96. The minimum atomic E-state index is -0.444. The summed E-state index contributed by atoms with van der Waals surface area (Å²) in [5.41, 5.74) is 0.568. The maximum absolute atomic E-state index is 12.3. The number of halogens is 2. The van der Waals surface area contributed by atoms with Gasteiger partial charge >= 0.3 is 0 Å². The molecule has 0 saturated carbocycles. The van der Waals surface area contributed by atoms with Crippen LogP contribution >= 0.6 is 23.2 Å². The lowest BCUT2D eigenvalue weighted by atomic mass is 10.2. The predicted octanol–water partition coefficient (Wildman–Crippen LogP) is 3.17. The maximum atomic E-state index is 12.3. The minimum absolute atomic E-state index is 0.151. The molecule has 138 valence electrons. The molecule has 6 nitrogen and oxygen atoms in total. The van der Waals surface area contributed by atoms with Gasteiger partial charge < -0.3 is 20.1 Å². The summed E-state index contributed by atoms with van der Waals surface area (Å²) in [6, 6.07) is 9.94. The van der Waals surface area contributed by atoms with Crippen molar-refractivity contribution in [2.75, 3.05) is 27.3 Å². The molecule has 2 rings (SSSR count). The van der Waals surface area contributed by atoms with Crippen LogP contribution in [0.1, 0.15) is 20.7 Å². The third-order valence-corrected chi connectivity index (χ3v) is 4.15. The van der Waals surface area contributed by atoms with Crippen LogP contribution in [0.5, 0.6) is 11.5 Å². The fourth-order valence-corrected chi connectivity index (χ4v) is 2.78. The highest BCUT2D eigenvalue weighted by Gasteiger charge is 2.19. The first-order valence-electron chi connectivity index (χ1n) is 7.71. The van der Waals surface area contributed by atoms with E-state index in [1.165, 1.54) is 20.3 Å². The molecular formula is C18H18Cl2N2O4. The summed E-state index contributed by atoms with van der Waals surface area (Å²) in [6.45, 7) is 0.425. The average Bonchev–Trinajstić information content (AvgIpc) is 2.66. The van der Waals surface area contributed by atoms with Crippen LogP contribution in [0.25, 0.3) is 0 Å². The molecule has 0 unspecified atom stereocenters. The zero-order chi connectivity index (χ0) is 19.1. The minimum Gasteiger partial charge on any atom is -0.496 e. The molecule has 0 spiro atoms. The van der Waals surface area contributed by atoms with Gasteiger partial charge in [0.1, 0.15) is 11.3 Å². The number of hydrogen-bond donors (Lipinski definition) is 2. The highest BCUT2D eigenvalue weighted by Crippen LogP contribution is 2.33. The summed E-state index contributed by atoms with van der Waals surface area (Å²) >= 11 is 12.1. The molecule has 0 saturated heterocycles. The number of benzene rings is 2. The molecule has 8 heteroatoms. The first-order valence-corrected chi connectivity index (χ1v) is 8.46. The topological polar surface area (TPSA) is 76.7 Å². The molecule has 0 aliphatic rings. The summed E-state index contributed by atoms with van der Waals surface area (Å²) in [5, 5.41) is 5.89. The van der Waals surface area contributed by atoms with Gasteiger partial charge in [-0.05, 0) is 24.3 Å². The highest BCUT2D eigenvalue weighted by atomic mass is 35.5. The molecule has 0 fully saturated rings. The zero-order valence-electron chi connectivity index (χ0n) is 14.3. The lowest BCUT2D eigenvalue weighted by Crippen LogP contribution is -2.35. The second-order valence-electron chi connectivity index (χ2n) is 5.15. The van der Waals surface area contributed by atoms with E-state index in [1.807, 2.05) is 0 Å². The number of amides is 2. The van der Waals surface area contributed by atoms with Crippen molar-refractivity contribution >= 4 is 35.0 Å². The number of rotatable bonds is 7. The van der Waals surface area contributed by atoms with Gasteiger partial charge in [0.05, 0.1) is 29.8 Å². The van der Waals surface area contributed by atoms with Crippen LogP contribution < -0.4 is 20.1 Å². The Kier molecular flexibility index (Phi) is 7.12. The number of hydrogen-bond acceptors (Lipinski definition) is 4. The van der Waals surface area contributed by atoms with Crippen molar-refractivity contribution in [3.05, 3.63) is 57.6 Å². The smallest absolute Gasteiger partial charge is 0.256 e. The summed E-state index contributed by atoms with van der Waals surface area (Å²) < 4.78 is 10.3. The SMILES string of the molecule is COc1ccccc1C(=O)NCCNC(=O)c1c(Cl)ccc(Cl)c1OC. The van der Waals surface area contributed by atoms with Gasteiger partial charge in [-0.3, -0.25) is 9.59 Å². The van der Waals surface area contributed by atoms with Crippen molar-refractivity contribution in [3.63, 3.8) is 0 Å². The van der Waals surface area contributed by atoms with E-state index in [1.54, 1.807) is 30.3 Å². The zero-order valence-corrected chi connectivity index (χ0v) is 15.8. The monoisotopic (exact) mass is 396 g/mol. The number of nitrogens with one attached hydrogen (secondary N) is 2. The Morgan fingerprint density at radius 3 is 2.15 bits per heavy atom. The number of ether oxygens (including phenoxy) is 2. The van der Waals surface area contributed by atoms with Crippen molar-refractivity contribution in [2.45, 2.75) is 0 Å². The molecule has 0 aromatic heterocycles. The molecule has 0 bridgehead atoms. The first kappa shape index (κ1) is 19.9. The Labute approximate surface area is 161 Å². The van der Waals surface area contributed by atoms with Gasteiger partial charge in [0.15, 0.2) is 5.75 Å². The van der Waals surface area contributed by atoms with Crippen LogP contribution in [0.15, 0.2) is 36.4 Å². The summed E-state index contributed by atoms with van der Waals surface area (Å²) in [7, 11) is 2.90. The van der Waals surface area contributed by atoms with Gasteiger partial charge in [0.2, 0.25) is 0 Å². The van der Waals surface area contributed by atoms with E-state index in [0.717, 1.165) is 0 Å². The maximum Gasteiger partial charge on any atom is 0.256 e. The summed E-state index contributed by atoms with van der Waals surface area (Å²) in [5.74, 6) is -0.0600. The van der Waals surface area contributed by atoms with Gasteiger partial charge in [-0.1, -0.05) is 35.3 Å². The van der Waals surface area contributed by atoms with Crippen LogP contribution in [0.4, 0.5) is 0 Å². The first-order chi connectivity index (χ1) is 12.5. The van der Waals surface area contributed by atoms with Crippen molar-refractivity contribution in [2.24, 2.45) is 0 Å². The Hall–Kier alpha value is -2.44. The van der Waals surface area contributed by atoms with E-state index in [9.17, 15) is 9.59 Å². The van der Waals surface area contributed by atoms with Crippen LogP contribution in [-0.2, 0) is 0 Å². The van der Waals surface area contributed by atoms with Crippen LogP contribution in [-0.4, -0.2) is 39.1 Å². The Morgan fingerprint density at radius 1 is 0.885 bits per heavy atom. The Morgan fingerprint density at radius 2 is 1.50 bits per heavy atom. The van der Waals surface area contributed by atoms with Gasteiger partial charge in [-0.2, -0.15) is 0 Å². The van der Waals surface area contributed by atoms with Crippen LogP contribution in [0, 0.1) is 0 Å². The molecular weight excluding hydrogens is 379 g/mol. The molecule has 2 aromatic rings. The third kappa shape index (κ3) is 4.59. The fraction of sp³-hybridized carbons (Fsp3) is 0.222. The van der Waals surface area contributed by atoms with Gasteiger partial charge in [-0.15, -0.1) is 0 Å². The van der Waals surface area contributed by atoms with E-state index < -0.39 is 5.91 Å². The standard InChI is InChI=1S/C18H18Cl2N2O4/c1-25-14-6-4-3-5-11(14)17(23)21-9-10-22-18(24)15-12(19)7-8-13(20)16(15)26-2/h3-8H,9-10H2,1-2H3,(H,21,23)(H,22,24). The molecule has 0 heterocycles. The third-order valence-electron chi connectivity index (χ3n) is 3.54. The average molecular weight is 397 g/mol. The highest BCUT2D eigenvalue weighted by molar-refractivity contribution is 6.37. The molecule has 0 aliphatic carbocycles. The number of carbonyl (C=O) groups is 2. The van der Waals surface area contributed by atoms with E-state index in [0.29, 0.717) is 11.3 Å². The lowest BCUT2D eigenvalue weighted by Gasteiger charge is -2.13. The van der Waals surface area contributed by atoms with Crippen molar-refractivity contribution in [1.82, 2.24) is 10.6 Å². The largest absolute Gasteiger partial charge is 0.496 e. The lowest BCUT2D eigenvalue weighted by molar-refractivity contribution is 0.0924. The number of methoxy groups -OCH3 is 2. The Balaban J connectivity index is 1.94. The number of carbonyl (C=O) groups excluding carboxylic acids is 2. The van der Waals surface area contributed by atoms with E-state index in [2.05, 4.69) is 10.6 Å². The second kappa shape index (κ2) is 9.31. The summed E-state index contributed by atoms with van der Waals surface area (Å²) in [4.78, 5) is 24.5. The molecule has 0 atom stereocenters. The van der Waals surface area contributed by atoms with E-state index in [4.69, 9.17) is 32.7 Å². The normalized spacial score (nSPS) is 10.2. The quantitative estimate of drug-likeness (QED) is 0.704. The predicted molar refractivity (Wildman–Crippen MR) is 101 cm³/mol. The number of para-hydroxylation sites is 1. The van der Waals surface area contributed by atoms with Gasteiger partial charge in [0.25, 0.3) is 11.8 Å². The Bertz CT molecular complexity index is 812. The fourth-order valence-electron chi connectivity index (χ4n) is 2.31. The molecule has 2 N–H and O–H groups in total. The van der Waals surface area contributed by atoms with Crippen molar-refractivity contribution in [3.8, 4) is 11.5 Å². The van der Waals surface area contributed by atoms with E-state index >= 15 is 0 Å². The molecule has 0 radical (unpaired) electrons. The van der Waals surface area contributed by atoms with E-state index in [-0.39, 0.29) is 40.4 Å². The molecule has 2 amide bonds. The van der Waals surface area contributed by atoms with Crippen LogP contribution in [0.3, 0.4) is 0 Å². The van der Waals surface area contributed by atoms with Gasteiger partial charge in [0, 0.05) is 13.1 Å². The molecule has 26 heavy (non-hydrogen) atoms. The van der Waals surface area contributed by atoms with Gasteiger partial charge in [-0.25, -0.2) is 0 Å². The molecule has 0 aliphatic heterocycles. The van der Waals surface area contributed by atoms with Crippen molar-refractivity contribution < 1.29 is 19.1 Å². The molecule has 2 aromatic carbocycles.